The molecule has 0 heterocycles. The molecule has 1 aromatic carbocycles. The van der Waals surface area contributed by atoms with Crippen molar-refractivity contribution in [1.29, 1.82) is 0 Å². The first kappa shape index (κ1) is 8.70. The number of rotatable bonds is 2. The average Bonchev–Trinajstić information content (AvgIpc) is 2.17. The van der Waals surface area contributed by atoms with Crippen LogP contribution < -0.4 is 5.06 Å². The summed E-state index contributed by atoms with van der Waals surface area (Å²) in [5.41, 5.74) is 0.344. The van der Waals surface area contributed by atoms with Crippen molar-refractivity contribution in [3.8, 4) is 0 Å². The molecule has 0 saturated carbocycles. The van der Waals surface area contributed by atoms with Gasteiger partial charge >= 0.3 is 0 Å². The number of carbonyl (C=O) groups excluding carboxylic acids is 1. The van der Waals surface area contributed by atoms with E-state index in [2.05, 4.69) is 0 Å². The Kier molecular flexibility index (Phi) is 2.79. The Labute approximate surface area is 69.6 Å². The molecule has 0 saturated heterocycles. The van der Waals surface area contributed by atoms with Gasteiger partial charge < -0.3 is 5.11 Å². The minimum absolute atomic E-state index is 0.344. The van der Waals surface area contributed by atoms with E-state index in [0.717, 1.165) is 0 Å². The molecule has 0 fully saturated rings. The first-order chi connectivity index (χ1) is 5.75. The molecule has 12 heavy (non-hydrogen) atoms. The second-order valence-corrected chi connectivity index (χ2v) is 2.20. The van der Waals surface area contributed by atoms with Crippen molar-refractivity contribution in [3.05, 3.63) is 30.3 Å². The van der Waals surface area contributed by atoms with Crippen molar-refractivity contribution in [1.82, 2.24) is 0 Å². The first-order valence-electron chi connectivity index (χ1n) is 3.43. The number of aliphatic hydroxyl groups is 1. The van der Waals surface area contributed by atoms with Gasteiger partial charge in [0.15, 0.2) is 0 Å². The minimum Gasteiger partial charge on any atom is -0.386 e. The van der Waals surface area contributed by atoms with Crippen LogP contribution >= 0.6 is 0 Å². The molecule has 0 aliphatic heterocycles. The lowest BCUT2D eigenvalue weighted by Crippen LogP contribution is -2.29. The average molecular weight is 167 g/mol. The number of carbonyl (C=O) groups is 1. The molecule has 64 valence electrons. The van der Waals surface area contributed by atoms with Gasteiger partial charge in [0.25, 0.3) is 5.91 Å². The summed E-state index contributed by atoms with van der Waals surface area (Å²) in [7, 11) is 0. The highest BCUT2D eigenvalue weighted by Crippen LogP contribution is 2.09. The largest absolute Gasteiger partial charge is 0.386 e. The molecule has 0 unspecified atom stereocenters. The third-order valence-corrected chi connectivity index (χ3v) is 1.37. The van der Waals surface area contributed by atoms with Gasteiger partial charge in [-0.05, 0) is 12.1 Å². The van der Waals surface area contributed by atoms with Crippen molar-refractivity contribution < 1.29 is 15.1 Å². The number of amides is 1. The van der Waals surface area contributed by atoms with E-state index in [0.29, 0.717) is 10.8 Å². The fourth-order valence-electron chi connectivity index (χ4n) is 0.780. The normalized spacial score (nSPS) is 9.50. The highest BCUT2D eigenvalue weighted by molar-refractivity contribution is 5.91. The predicted molar refractivity (Wildman–Crippen MR) is 42.8 cm³/mol. The van der Waals surface area contributed by atoms with E-state index in [4.69, 9.17) is 10.3 Å². The van der Waals surface area contributed by atoms with Crippen molar-refractivity contribution in [2.75, 3.05) is 11.7 Å². The zero-order valence-corrected chi connectivity index (χ0v) is 6.34. The van der Waals surface area contributed by atoms with E-state index in [-0.39, 0.29) is 0 Å². The lowest BCUT2D eigenvalue weighted by Gasteiger charge is -2.12. The number of anilines is 1. The molecule has 4 nitrogen and oxygen atoms in total. The van der Waals surface area contributed by atoms with E-state index < -0.39 is 12.5 Å². The van der Waals surface area contributed by atoms with Crippen LogP contribution in [0.1, 0.15) is 0 Å². The highest BCUT2D eigenvalue weighted by Gasteiger charge is 2.09. The molecule has 0 bridgehead atoms. The second-order valence-electron chi connectivity index (χ2n) is 2.20. The molecule has 0 aliphatic carbocycles. The molecule has 0 aromatic heterocycles. The van der Waals surface area contributed by atoms with Crippen LogP contribution in [0.2, 0.25) is 0 Å². The van der Waals surface area contributed by atoms with Gasteiger partial charge in [-0.15, -0.1) is 0 Å². The maximum absolute atomic E-state index is 10.7. The molecular formula is C8H9NO3. The summed E-state index contributed by atoms with van der Waals surface area (Å²) in [5.74, 6) is -0.749. The Balaban J connectivity index is 2.78. The van der Waals surface area contributed by atoms with Crippen LogP contribution in [0.25, 0.3) is 0 Å². The Bertz CT molecular complexity index is 260. The fourth-order valence-corrected chi connectivity index (χ4v) is 0.780. The molecule has 1 aromatic rings. The molecule has 0 spiro atoms. The molecule has 2 N–H and O–H groups in total. The molecule has 0 aliphatic rings. The zero-order valence-electron chi connectivity index (χ0n) is 6.34. The summed E-state index contributed by atoms with van der Waals surface area (Å²) < 4.78 is 0. The Morgan fingerprint density at radius 3 is 2.42 bits per heavy atom. The van der Waals surface area contributed by atoms with Crippen LogP contribution in [0.4, 0.5) is 5.69 Å². The van der Waals surface area contributed by atoms with E-state index in [9.17, 15) is 4.79 Å². The number of nitrogens with zero attached hydrogens (tertiary/aromatic N) is 1. The Morgan fingerprint density at radius 2 is 1.92 bits per heavy atom. The number of hydrogen-bond acceptors (Lipinski definition) is 3. The molecule has 1 amide bonds. The zero-order chi connectivity index (χ0) is 8.97. The number of hydroxylamine groups is 1. The lowest BCUT2D eigenvalue weighted by molar-refractivity contribution is -0.126. The molecule has 0 atom stereocenters. The van der Waals surface area contributed by atoms with Gasteiger partial charge in [-0.1, -0.05) is 18.2 Å². The van der Waals surface area contributed by atoms with Crippen molar-refractivity contribution in [3.63, 3.8) is 0 Å². The molecular weight excluding hydrogens is 158 g/mol. The third kappa shape index (κ3) is 1.81. The second kappa shape index (κ2) is 3.85. The van der Waals surface area contributed by atoms with Crippen LogP contribution in [0.3, 0.4) is 0 Å². The summed E-state index contributed by atoms with van der Waals surface area (Å²) in [6.07, 6.45) is 0. The lowest BCUT2D eigenvalue weighted by atomic mass is 10.3. The first-order valence-corrected chi connectivity index (χ1v) is 3.43. The SMILES string of the molecule is O=C(CO)N(O)c1ccccc1. The maximum atomic E-state index is 10.7. The molecule has 0 radical (unpaired) electrons. The smallest absolute Gasteiger partial charge is 0.276 e. The van der Waals surface area contributed by atoms with Gasteiger partial charge in [-0.3, -0.25) is 10.0 Å². The standard InChI is InChI=1S/C8H9NO3/c10-6-8(11)9(12)7-4-2-1-3-5-7/h1-5,10,12H,6H2. The summed E-state index contributed by atoms with van der Waals surface area (Å²) >= 11 is 0. The number of para-hydroxylation sites is 1. The fraction of sp³-hybridized carbons (Fsp3) is 0.125. The van der Waals surface area contributed by atoms with Crippen LogP contribution in [-0.2, 0) is 4.79 Å². The van der Waals surface area contributed by atoms with Crippen LogP contribution in [-0.4, -0.2) is 22.8 Å². The summed E-state index contributed by atoms with van der Waals surface area (Å²) in [6, 6.07) is 8.26. The van der Waals surface area contributed by atoms with E-state index >= 15 is 0 Å². The Hall–Kier alpha value is -1.39. The maximum Gasteiger partial charge on any atom is 0.276 e. The van der Waals surface area contributed by atoms with Gasteiger partial charge in [-0.25, -0.2) is 0 Å². The van der Waals surface area contributed by atoms with Gasteiger partial charge in [0.2, 0.25) is 0 Å². The van der Waals surface area contributed by atoms with Gasteiger partial charge in [0.1, 0.15) is 6.61 Å². The van der Waals surface area contributed by atoms with Crippen LogP contribution in [0.5, 0.6) is 0 Å². The van der Waals surface area contributed by atoms with Gasteiger partial charge in [-0.2, -0.15) is 5.06 Å². The van der Waals surface area contributed by atoms with E-state index in [1.165, 1.54) is 0 Å². The van der Waals surface area contributed by atoms with Crippen molar-refractivity contribution >= 4 is 11.6 Å². The van der Waals surface area contributed by atoms with Crippen molar-refractivity contribution in [2.24, 2.45) is 0 Å². The topological polar surface area (TPSA) is 60.8 Å². The quantitative estimate of drug-likeness (QED) is 0.495. The number of benzene rings is 1. The van der Waals surface area contributed by atoms with E-state index in [1.54, 1.807) is 30.3 Å². The highest BCUT2D eigenvalue weighted by atomic mass is 16.5. The summed E-state index contributed by atoms with van der Waals surface area (Å²) in [5, 5.41) is 17.9. The Morgan fingerprint density at radius 1 is 1.33 bits per heavy atom. The summed E-state index contributed by atoms with van der Waals surface area (Å²) in [4.78, 5) is 10.7. The monoisotopic (exact) mass is 167 g/mol. The number of aliphatic hydroxyl groups excluding tert-OH is 1. The summed E-state index contributed by atoms with van der Waals surface area (Å²) in [6.45, 7) is -0.703. The van der Waals surface area contributed by atoms with Crippen LogP contribution in [0, 0.1) is 0 Å². The minimum atomic E-state index is -0.749. The van der Waals surface area contributed by atoms with Gasteiger partial charge in [0, 0.05) is 0 Å². The third-order valence-electron chi connectivity index (χ3n) is 1.37. The van der Waals surface area contributed by atoms with E-state index in [1.807, 2.05) is 0 Å². The molecule has 1 rings (SSSR count). The molecule has 4 heteroatoms. The number of hydrogen-bond donors (Lipinski definition) is 2. The van der Waals surface area contributed by atoms with Gasteiger partial charge in [0.05, 0.1) is 5.69 Å². The van der Waals surface area contributed by atoms with Crippen LogP contribution in [0.15, 0.2) is 30.3 Å². The predicted octanol–water partition coefficient (Wildman–Crippen LogP) is 0.401. The van der Waals surface area contributed by atoms with Crippen molar-refractivity contribution in [2.45, 2.75) is 0 Å².